The Morgan fingerprint density at radius 1 is 0.867 bits per heavy atom. The molecule has 0 aromatic rings. The van der Waals surface area contributed by atoms with Gasteiger partial charge in [0.05, 0.1) is 6.10 Å². The fourth-order valence-corrected chi connectivity index (χ4v) is 2.41. The number of rotatable bonds is 0. The Morgan fingerprint density at radius 2 is 1.67 bits per heavy atom. The maximum atomic E-state index is 5.84. The Kier molecular flexibility index (Phi) is 4.72. The van der Waals surface area contributed by atoms with Crippen LogP contribution in [0.1, 0.15) is 57.8 Å². The highest BCUT2D eigenvalue weighted by molar-refractivity contribution is 4.88. The molecule has 2 atom stereocenters. The molecule has 0 amide bonds. The van der Waals surface area contributed by atoms with Crippen LogP contribution in [0.15, 0.2) is 12.2 Å². The van der Waals surface area contributed by atoms with Crippen molar-refractivity contribution in [3.05, 3.63) is 12.2 Å². The molecule has 0 saturated heterocycles. The van der Waals surface area contributed by atoms with Crippen LogP contribution in [-0.2, 0) is 4.74 Å². The summed E-state index contributed by atoms with van der Waals surface area (Å²) >= 11 is 0. The van der Waals surface area contributed by atoms with Gasteiger partial charge in [-0.15, -0.1) is 0 Å². The monoisotopic (exact) mass is 208 g/mol. The molecule has 0 aromatic carbocycles. The summed E-state index contributed by atoms with van der Waals surface area (Å²) in [6.07, 6.45) is 17.4. The summed E-state index contributed by atoms with van der Waals surface area (Å²) in [4.78, 5) is 0. The lowest BCUT2D eigenvalue weighted by atomic mass is 10.1. The third-order valence-electron chi connectivity index (χ3n) is 3.57. The molecular weight excluding hydrogens is 184 g/mol. The van der Waals surface area contributed by atoms with Gasteiger partial charge in [-0.3, -0.25) is 0 Å². The van der Waals surface area contributed by atoms with Crippen LogP contribution >= 0.6 is 0 Å². The zero-order valence-electron chi connectivity index (χ0n) is 9.79. The average Bonchev–Trinajstić information content (AvgIpc) is 2.98. The first kappa shape index (κ1) is 11.2. The molecule has 0 spiro atoms. The molecular formula is C14H24O. The van der Waals surface area contributed by atoms with Crippen LogP contribution in [0.5, 0.6) is 0 Å². The Bertz CT molecular complexity index is 178. The van der Waals surface area contributed by atoms with Crippen molar-refractivity contribution in [1.29, 1.82) is 0 Å². The predicted molar refractivity (Wildman–Crippen MR) is 63.9 cm³/mol. The lowest BCUT2D eigenvalue weighted by molar-refractivity contribution is 0.104. The summed E-state index contributed by atoms with van der Waals surface area (Å²) in [6.45, 7) is 0.995. The smallest absolute Gasteiger partial charge is 0.0607 e. The molecule has 1 fully saturated rings. The van der Waals surface area contributed by atoms with Gasteiger partial charge < -0.3 is 4.74 Å². The average molecular weight is 208 g/mol. The van der Waals surface area contributed by atoms with E-state index in [0.717, 1.165) is 12.5 Å². The van der Waals surface area contributed by atoms with Crippen LogP contribution in [0, 0.1) is 5.92 Å². The van der Waals surface area contributed by atoms with E-state index in [1.54, 1.807) is 0 Å². The van der Waals surface area contributed by atoms with Crippen molar-refractivity contribution >= 4 is 0 Å². The third kappa shape index (κ3) is 4.38. The van der Waals surface area contributed by atoms with Crippen molar-refractivity contribution in [2.75, 3.05) is 6.61 Å². The van der Waals surface area contributed by atoms with Crippen molar-refractivity contribution in [3.63, 3.8) is 0 Å². The number of ether oxygens (including phenoxy) is 1. The fraction of sp³-hybridized carbons (Fsp3) is 0.857. The SMILES string of the molecule is C1=CCCCCOC2CC2CCCCC1. The highest BCUT2D eigenvalue weighted by Crippen LogP contribution is 2.38. The second-order valence-corrected chi connectivity index (χ2v) is 5.01. The van der Waals surface area contributed by atoms with E-state index < -0.39 is 0 Å². The summed E-state index contributed by atoms with van der Waals surface area (Å²) in [6, 6.07) is 0. The Balaban J connectivity index is 1.67. The largest absolute Gasteiger partial charge is 0.378 e. The zero-order valence-corrected chi connectivity index (χ0v) is 9.79. The number of fused-ring (bicyclic) bond motifs is 1. The summed E-state index contributed by atoms with van der Waals surface area (Å²) in [5.74, 6) is 0.920. The number of hydrogen-bond acceptors (Lipinski definition) is 1. The van der Waals surface area contributed by atoms with Crippen LogP contribution in [0.2, 0.25) is 0 Å². The minimum absolute atomic E-state index is 0.642. The molecule has 15 heavy (non-hydrogen) atoms. The van der Waals surface area contributed by atoms with Gasteiger partial charge in [0.15, 0.2) is 0 Å². The van der Waals surface area contributed by atoms with Crippen molar-refractivity contribution in [1.82, 2.24) is 0 Å². The molecule has 0 N–H and O–H groups in total. The second-order valence-electron chi connectivity index (χ2n) is 5.01. The van der Waals surface area contributed by atoms with E-state index in [2.05, 4.69) is 12.2 Å². The molecule has 1 aliphatic carbocycles. The van der Waals surface area contributed by atoms with E-state index in [4.69, 9.17) is 4.74 Å². The predicted octanol–water partition coefficient (Wildman–Crippen LogP) is 4.08. The van der Waals surface area contributed by atoms with Crippen LogP contribution in [0.25, 0.3) is 0 Å². The van der Waals surface area contributed by atoms with E-state index in [0.29, 0.717) is 6.10 Å². The molecule has 1 saturated carbocycles. The summed E-state index contributed by atoms with van der Waals surface area (Å²) in [7, 11) is 0. The minimum Gasteiger partial charge on any atom is -0.378 e. The summed E-state index contributed by atoms with van der Waals surface area (Å²) in [5, 5.41) is 0. The topological polar surface area (TPSA) is 9.23 Å². The van der Waals surface area contributed by atoms with E-state index in [-0.39, 0.29) is 0 Å². The van der Waals surface area contributed by atoms with Gasteiger partial charge in [0.2, 0.25) is 0 Å². The van der Waals surface area contributed by atoms with Crippen molar-refractivity contribution in [3.8, 4) is 0 Å². The number of allylic oxidation sites excluding steroid dienone is 2. The van der Waals surface area contributed by atoms with Gasteiger partial charge >= 0.3 is 0 Å². The molecule has 2 aliphatic rings. The molecule has 2 unspecified atom stereocenters. The quantitative estimate of drug-likeness (QED) is 0.545. The van der Waals surface area contributed by atoms with Gasteiger partial charge in [0.1, 0.15) is 0 Å². The normalized spacial score (nSPS) is 34.1. The van der Waals surface area contributed by atoms with Gasteiger partial charge in [-0.2, -0.15) is 0 Å². The van der Waals surface area contributed by atoms with Gasteiger partial charge in [-0.1, -0.05) is 25.0 Å². The molecule has 1 aliphatic heterocycles. The van der Waals surface area contributed by atoms with Gasteiger partial charge in [0, 0.05) is 6.61 Å². The standard InChI is InChI=1S/C14H24O/c1-2-4-6-8-10-13-12-14(13)15-11-9-7-5-3-1/h1,3,13-14H,2,4-12H2. The van der Waals surface area contributed by atoms with Crippen LogP contribution in [-0.4, -0.2) is 12.7 Å². The minimum atomic E-state index is 0.642. The zero-order chi connectivity index (χ0) is 10.3. The van der Waals surface area contributed by atoms with Gasteiger partial charge in [-0.25, -0.2) is 0 Å². The molecule has 1 heterocycles. The van der Waals surface area contributed by atoms with E-state index in [1.165, 1.54) is 57.8 Å². The first-order chi connectivity index (χ1) is 7.47. The maximum Gasteiger partial charge on any atom is 0.0607 e. The lowest BCUT2D eigenvalue weighted by Gasteiger charge is -2.04. The molecule has 1 heteroatoms. The van der Waals surface area contributed by atoms with Crippen LogP contribution < -0.4 is 0 Å². The molecule has 2 rings (SSSR count). The van der Waals surface area contributed by atoms with Crippen LogP contribution in [0.4, 0.5) is 0 Å². The number of hydrogen-bond donors (Lipinski definition) is 0. The maximum absolute atomic E-state index is 5.84. The lowest BCUT2D eigenvalue weighted by Crippen LogP contribution is -1.99. The Hall–Kier alpha value is -0.300. The van der Waals surface area contributed by atoms with E-state index >= 15 is 0 Å². The molecule has 86 valence electrons. The summed E-state index contributed by atoms with van der Waals surface area (Å²) in [5.41, 5.74) is 0. The highest BCUT2D eigenvalue weighted by Gasteiger charge is 2.36. The molecule has 1 nitrogen and oxygen atoms in total. The van der Waals surface area contributed by atoms with Crippen molar-refractivity contribution in [2.24, 2.45) is 5.92 Å². The van der Waals surface area contributed by atoms with Crippen LogP contribution in [0.3, 0.4) is 0 Å². The second kappa shape index (κ2) is 6.32. The molecule has 0 aromatic heterocycles. The Morgan fingerprint density at radius 3 is 2.53 bits per heavy atom. The molecule has 0 radical (unpaired) electrons. The van der Waals surface area contributed by atoms with Gasteiger partial charge in [-0.05, 0) is 50.9 Å². The van der Waals surface area contributed by atoms with Gasteiger partial charge in [0.25, 0.3) is 0 Å². The fourth-order valence-electron chi connectivity index (χ4n) is 2.41. The first-order valence-electron chi connectivity index (χ1n) is 6.73. The molecule has 0 bridgehead atoms. The van der Waals surface area contributed by atoms with E-state index in [9.17, 15) is 0 Å². The van der Waals surface area contributed by atoms with E-state index in [1.807, 2.05) is 0 Å². The van der Waals surface area contributed by atoms with Crippen molar-refractivity contribution < 1.29 is 4.74 Å². The summed E-state index contributed by atoms with van der Waals surface area (Å²) < 4.78 is 5.84. The third-order valence-corrected chi connectivity index (χ3v) is 3.57. The Labute approximate surface area is 93.9 Å². The van der Waals surface area contributed by atoms with Crippen molar-refractivity contribution in [2.45, 2.75) is 63.9 Å². The highest BCUT2D eigenvalue weighted by atomic mass is 16.5. The first-order valence-corrected chi connectivity index (χ1v) is 6.73.